The average molecular weight is 302 g/mol. The van der Waals surface area contributed by atoms with Crippen LogP contribution in [0.15, 0.2) is 36.9 Å². The van der Waals surface area contributed by atoms with Crippen LogP contribution >= 0.6 is 0 Å². The Bertz CT molecular complexity index is 669. The van der Waals surface area contributed by atoms with Crippen LogP contribution in [-0.2, 0) is 9.53 Å². The van der Waals surface area contributed by atoms with Crippen LogP contribution < -0.4 is 0 Å². The molecule has 1 aromatic carbocycles. The topological polar surface area (TPSA) is 97.6 Å². The summed E-state index contributed by atoms with van der Waals surface area (Å²) in [7, 11) is 0. The van der Waals surface area contributed by atoms with Gasteiger partial charge in [0.1, 0.15) is 12.7 Å². The maximum Gasteiger partial charge on any atom is 0.334 e. The molecule has 3 rings (SSSR count). The summed E-state index contributed by atoms with van der Waals surface area (Å²) < 4.78 is 6.70. The van der Waals surface area contributed by atoms with E-state index in [-0.39, 0.29) is 19.1 Å². The minimum Gasteiger partial charge on any atom is -0.479 e. The third kappa shape index (κ3) is 2.82. The summed E-state index contributed by atoms with van der Waals surface area (Å²) in [4.78, 5) is 28.7. The van der Waals surface area contributed by atoms with E-state index in [1.54, 1.807) is 35.3 Å². The molecule has 1 aliphatic rings. The predicted molar refractivity (Wildman–Crippen MR) is 74.6 cm³/mol. The third-order valence-electron chi connectivity index (χ3n) is 3.43. The molecular formula is C14H14N4O4. The van der Waals surface area contributed by atoms with E-state index in [9.17, 15) is 9.59 Å². The van der Waals surface area contributed by atoms with Gasteiger partial charge in [0.15, 0.2) is 6.10 Å². The number of morpholine rings is 1. The van der Waals surface area contributed by atoms with Gasteiger partial charge in [-0.2, -0.15) is 5.10 Å². The largest absolute Gasteiger partial charge is 0.479 e. The monoisotopic (exact) mass is 302 g/mol. The normalized spacial score (nSPS) is 18.2. The number of ether oxygens (including phenoxy) is 1. The maximum atomic E-state index is 12.4. The Labute approximate surface area is 125 Å². The molecule has 1 aromatic heterocycles. The molecule has 114 valence electrons. The van der Waals surface area contributed by atoms with E-state index in [1.807, 2.05) is 0 Å². The van der Waals surface area contributed by atoms with Crippen molar-refractivity contribution in [2.24, 2.45) is 0 Å². The first-order valence-corrected chi connectivity index (χ1v) is 6.74. The number of carbonyl (C=O) groups is 2. The van der Waals surface area contributed by atoms with Gasteiger partial charge >= 0.3 is 5.97 Å². The summed E-state index contributed by atoms with van der Waals surface area (Å²) in [6.07, 6.45) is 2.03. The van der Waals surface area contributed by atoms with Crippen LogP contribution in [0.1, 0.15) is 10.4 Å². The molecule has 0 radical (unpaired) electrons. The highest BCUT2D eigenvalue weighted by molar-refractivity contribution is 5.94. The van der Waals surface area contributed by atoms with Crippen LogP contribution in [0.25, 0.3) is 5.69 Å². The number of carboxylic acids is 1. The Hall–Kier alpha value is -2.74. The molecule has 8 nitrogen and oxygen atoms in total. The Morgan fingerprint density at radius 2 is 2.05 bits per heavy atom. The minimum atomic E-state index is -1.06. The molecule has 1 unspecified atom stereocenters. The lowest BCUT2D eigenvalue weighted by atomic mass is 10.1. The maximum absolute atomic E-state index is 12.4. The predicted octanol–water partition coefficient (Wildman–Crippen LogP) is 0.193. The second-order valence-corrected chi connectivity index (χ2v) is 4.84. The Kier molecular flexibility index (Phi) is 3.84. The zero-order chi connectivity index (χ0) is 15.5. The van der Waals surface area contributed by atoms with Gasteiger partial charge < -0.3 is 14.7 Å². The van der Waals surface area contributed by atoms with Crippen LogP contribution in [0.3, 0.4) is 0 Å². The smallest absolute Gasteiger partial charge is 0.334 e. The van der Waals surface area contributed by atoms with Crippen molar-refractivity contribution in [1.29, 1.82) is 0 Å². The number of benzene rings is 1. The molecule has 0 aliphatic carbocycles. The summed E-state index contributed by atoms with van der Waals surface area (Å²) in [6.45, 7) is 0.659. The number of aliphatic carboxylic acids is 1. The molecule has 1 atom stereocenters. The second kappa shape index (κ2) is 5.94. The Morgan fingerprint density at radius 3 is 2.68 bits per heavy atom. The first-order chi connectivity index (χ1) is 10.6. The third-order valence-corrected chi connectivity index (χ3v) is 3.43. The van der Waals surface area contributed by atoms with Crippen molar-refractivity contribution in [3.05, 3.63) is 42.5 Å². The summed E-state index contributed by atoms with van der Waals surface area (Å²) in [5.74, 6) is -1.27. The van der Waals surface area contributed by atoms with E-state index in [1.165, 1.54) is 11.2 Å². The van der Waals surface area contributed by atoms with Crippen molar-refractivity contribution in [3.63, 3.8) is 0 Å². The van der Waals surface area contributed by atoms with Gasteiger partial charge in [-0.1, -0.05) is 0 Å². The highest BCUT2D eigenvalue weighted by Gasteiger charge is 2.29. The Balaban J connectivity index is 1.73. The zero-order valence-electron chi connectivity index (χ0n) is 11.6. The van der Waals surface area contributed by atoms with E-state index in [4.69, 9.17) is 9.84 Å². The van der Waals surface area contributed by atoms with E-state index >= 15 is 0 Å². The van der Waals surface area contributed by atoms with Crippen molar-refractivity contribution >= 4 is 11.9 Å². The SMILES string of the molecule is O=C(O)C1CN(C(=O)c2ccc(-n3cncn3)cc2)CCO1. The highest BCUT2D eigenvalue weighted by atomic mass is 16.5. The number of hydrogen-bond acceptors (Lipinski definition) is 5. The molecule has 0 saturated carbocycles. The number of carbonyl (C=O) groups excluding carboxylic acids is 1. The number of rotatable bonds is 3. The second-order valence-electron chi connectivity index (χ2n) is 4.84. The number of carboxylic acid groups (broad SMARTS) is 1. The van der Waals surface area contributed by atoms with Gasteiger partial charge in [0.25, 0.3) is 5.91 Å². The van der Waals surface area contributed by atoms with Crippen LogP contribution in [0.5, 0.6) is 0 Å². The van der Waals surface area contributed by atoms with Gasteiger partial charge in [0.2, 0.25) is 0 Å². The highest BCUT2D eigenvalue weighted by Crippen LogP contribution is 2.13. The molecule has 8 heteroatoms. The van der Waals surface area contributed by atoms with Gasteiger partial charge in [-0.25, -0.2) is 14.5 Å². The van der Waals surface area contributed by atoms with E-state index < -0.39 is 12.1 Å². The lowest BCUT2D eigenvalue weighted by Gasteiger charge is -2.30. The van der Waals surface area contributed by atoms with Crippen LogP contribution in [0, 0.1) is 0 Å². The fourth-order valence-electron chi connectivity index (χ4n) is 2.26. The van der Waals surface area contributed by atoms with Crippen molar-refractivity contribution in [2.45, 2.75) is 6.10 Å². The quantitative estimate of drug-likeness (QED) is 0.869. The summed E-state index contributed by atoms with van der Waals surface area (Å²) in [6, 6.07) is 6.89. The minimum absolute atomic E-state index is 0.0546. The Morgan fingerprint density at radius 1 is 1.27 bits per heavy atom. The van der Waals surface area contributed by atoms with E-state index in [0.29, 0.717) is 12.1 Å². The summed E-state index contributed by atoms with van der Waals surface area (Å²) in [5.41, 5.74) is 1.29. The molecule has 0 spiro atoms. The van der Waals surface area contributed by atoms with E-state index in [0.717, 1.165) is 5.69 Å². The molecule has 2 heterocycles. The number of hydrogen-bond donors (Lipinski definition) is 1. The van der Waals surface area contributed by atoms with Gasteiger partial charge in [0.05, 0.1) is 18.8 Å². The molecule has 22 heavy (non-hydrogen) atoms. The number of amides is 1. The standard InChI is InChI=1S/C14H14N4O4/c19-13(17-5-6-22-12(7-17)14(20)21)10-1-3-11(4-2-10)18-9-15-8-16-18/h1-4,8-9,12H,5-7H2,(H,20,21). The molecule has 1 N–H and O–H groups in total. The number of nitrogens with zero attached hydrogens (tertiary/aromatic N) is 4. The van der Waals surface area contributed by atoms with E-state index in [2.05, 4.69) is 10.1 Å². The summed E-state index contributed by atoms with van der Waals surface area (Å²) >= 11 is 0. The molecule has 1 amide bonds. The van der Waals surface area contributed by atoms with Crippen LogP contribution in [0.4, 0.5) is 0 Å². The van der Waals surface area contributed by atoms with Gasteiger partial charge in [-0.3, -0.25) is 4.79 Å². The molecule has 1 saturated heterocycles. The first kappa shape index (κ1) is 14.2. The van der Waals surface area contributed by atoms with Crippen LogP contribution in [-0.4, -0.2) is 62.4 Å². The lowest BCUT2D eigenvalue weighted by molar-refractivity contribution is -0.154. The summed E-state index contributed by atoms with van der Waals surface area (Å²) in [5, 5.41) is 13.0. The molecule has 0 bridgehead atoms. The lowest BCUT2D eigenvalue weighted by Crippen LogP contribution is -2.48. The molecular weight excluding hydrogens is 288 g/mol. The molecule has 1 fully saturated rings. The van der Waals surface area contributed by atoms with Gasteiger partial charge in [-0.15, -0.1) is 0 Å². The fourth-order valence-corrected chi connectivity index (χ4v) is 2.26. The van der Waals surface area contributed by atoms with Crippen molar-refractivity contribution < 1.29 is 19.4 Å². The number of aromatic nitrogens is 3. The van der Waals surface area contributed by atoms with Gasteiger partial charge in [-0.05, 0) is 24.3 Å². The molecule has 2 aromatic rings. The fraction of sp³-hybridized carbons (Fsp3) is 0.286. The zero-order valence-corrected chi connectivity index (χ0v) is 11.6. The van der Waals surface area contributed by atoms with Gasteiger partial charge in [0, 0.05) is 12.1 Å². The van der Waals surface area contributed by atoms with Crippen molar-refractivity contribution in [2.75, 3.05) is 19.7 Å². The average Bonchev–Trinajstić information content (AvgIpc) is 3.09. The van der Waals surface area contributed by atoms with Crippen molar-refractivity contribution in [1.82, 2.24) is 19.7 Å². The molecule has 1 aliphatic heterocycles. The first-order valence-electron chi connectivity index (χ1n) is 6.74. The van der Waals surface area contributed by atoms with Crippen LogP contribution in [0.2, 0.25) is 0 Å². The van der Waals surface area contributed by atoms with Crippen molar-refractivity contribution in [3.8, 4) is 5.69 Å².